The van der Waals surface area contributed by atoms with E-state index in [1.165, 1.54) is 0 Å². The minimum atomic E-state index is -0.0425. The van der Waals surface area contributed by atoms with Crippen LogP contribution in [0.4, 0.5) is 0 Å². The van der Waals surface area contributed by atoms with Crippen molar-refractivity contribution >= 4 is 17.4 Å². The highest BCUT2D eigenvalue weighted by Crippen LogP contribution is 2.22. The number of carbonyl (C=O) groups excluding carboxylic acids is 1. The maximum Gasteiger partial charge on any atom is 0.179 e. The van der Waals surface area contributed by atoms with Crippen molar-refractivity contribution in [2.24, 2.45) is 0 Å². The summed E-state index contributed by atoms with van der Waals surface area (Å²) in [6.07, 6.45) is 0. The third-order valence-electron chi connectivity index (χ3n) is 3.33. The fraction of sp³-hybridized carbons (Fsp3) is 0.312. The van der Waals surface area contributed by atoms with Crippen molar-refractivity contribution in [2.75, 3.05) is 13.0 Å². The molecule has 0 bridgehead atoms. The highest BCUT2D eigenvalue weighted by molar-refractivity contribution is 6.30. The number of carbonyl (C=O) groups is 1. The number of nitrogens with zero attached hydrogens (tertiary/aromatic N) is 1. The Hall–Kier alpha value is -1.58. The molecule has 0 N–H and O–H groups in total. The van der Waals surface area contributed by atoms with Crippen molar-refractivity contribution in [1.82, 2.24) is 4.57 Å². The average Bonchev–Trinajstić information content (AvgIpc) is 2.74. The predicted molar refractivity (Wildman–Crippen MR) is 81.0 cm³/mol. The molecule has 0 saturated heterocycles. The Morgan fingerprint density at radius 1 is 1.30 bits per heavy atom. The first-order chi connectivity index (χ1) is 9.58. The molecule has 1 aromatic carbocycles. The highest BCUT2D eigenvalue weighted by atomic mass is 35.5. The third-order valence-corrected chi connectivity index (χ3v) is 3.58. The van der Waals surface area contributed by atoms with E-state index < -0.39 is 0 Å². The van der Waals surface area contributed by atoms with Gasteiger partial charge in [0.15, 0.2) is 5.78 Å². The molecule has 0 unspecified atom stereocenters. The molecule has 0 amide bonds. The smallest absolute Gasteiger partial charge is 0.179 e. The molecule has 3 nitrogen and oxygen atoms in total. The number of rotatable bonds is 5. The second kappa shape index (κ2) is 6.25. The van der Waals surface area contributed by atoms with Crippen LogP contribution in [0.3, 0.4) is 0 Å². The summed E-state index contributed by atoms with van der Waals surface area (Å²) in [5, 5.41) is 0. The van der Waals surface area contributed by atoms with Gasteiger partial charge in [-0.1, -0.05) is 12.1 Å². The first kappa shape index (κ1) is 14.8. The van der Waals surface area contributed by atoms with Gasteiger partial charge < -0.3 is 9.30 Å². The SMILES string of the molecule is COCc1cccc(-n2c(C)cc(C(=O)CCl)c2C)c1. The average molecular weight is 292 g/mol. The molecular weight excluding hydrogens is 274 g/mol. The Balaban J connectivity index is 2.50. The van der Waals surface area contributed by atoms with Crippen molar-refractivity contribution in [3.8, 4) is 5.69 Å². The van der Waals surface area contributed by atoms with Crippen LogP contribution in [0.25, 0.3) is 5.69 Å². The van der Waals surface area contributed by atoms with Gasteiger partial charge in [-0.15, -0.1) is 11.6 Å². The maximum absolute atomic E-state index is 11.8. The molecule has 2 aromatic rings. The number of methoxy groups -OCH3 is 1. The minimum Gasteiger partial charge on any atom is -0.380 e. The maximum atomic E-state index is 11.8. The Bertz CT molecular complexity index is 631. The number of alkyl halides is 1. The Labute approximate surface area is 124 Å². The monoisotopic (exact) mass is 291 g/mol. The molecule has 1 aromatic heterocycles. The van der Waals surface area contributed by atoms with Crippen LogP contribution in [0.5, 0.6) is 0 Å². The van der Waals surface area contributed by atoms with Gasteiger partial charge in [0.25, 0.3) is 0 Å². The van der Waals surface area contributed by atoms with E-state index in [1.807, 2.05) is 38.1 Å². The van der Waals surface area contributed by atoms with Gasteiger partial charge in [-0.2, -0.15) is 0 Å². The zero-order chi connectivity index (χ0) is 14.7. The molecule has 0 saturated carbocycles. The van der Waals surface area contributed by atoms with Crippen LogP contribution in [0.15, 0.2) is 30.3 Å². The predicted octanol–water partition coefficient (Wildman–Crippen LogP) is 3.66. The lowest BCUT2D eigenvalue weighted by molar-refractivity contribution is 0.102. The first-order valence-corrected chi connectivity index (χ1v) is 6.98. The summed E-state index contributed by atoms with van der Waals surface area (Å²) >= 11 is 5.66. The second-order valence-corrected chi connectivity index (χ2v) is 5.05. The van der Waals surface area contributed by atoms with E-state index in [0.717, 1.165) is 22.6 Å². The molecule has 2 rings (SSSR count). The van der Waals surface area contributed by atoms with Crippen molar-refractivity contribution in [3.63, 3.8) is 0 Å². The molecular formula is C16H18ClNO2. The lowest BCUT2D eigenvalue weighted by atomic mass is 10.2. The number of hydrogen-bond donors (Lipinski definition) is 0. The van der Waals surface area contributed by atoms with Crippen LogP contribution in [0.2, 0.25) is 0 Å². The summed E-state index contributed by atoms with van der Waals surface area (Å²) in [5.41, 5.74) is 4.76. The molecule has 0 aliphatic rings. The lowest BCUT2D eigenvalue weighted by Gasteiger charge is -2.11. The van der Waals surface area contributed by atoms with Crippen molar-refractivity contribution in [2.45, 2.75) is 20.5 Å². The normalized spacial score (nSPS) is 10.8. The molecule has 106 valence electrons. The number of ether oxygens (including phenoxy) is 1. The van der Waals surface area contributed by atoms with Crippen molar-refractivity contribution < 1.29 is 9.53 Å². The molecule has 20 heavy (non-hydrogen) atoms. The molecule has 4 heteroatoms. The summed E-state index contributed by atoms with van der Waals surface area (Å²) in [6.45, 7) is 4.50. The number of Topliss-reactive ketones (excluding diaryl/α,β-unsaturated/α-hetero) is 1. The summed E-state index contributed by atoms with van der Waals surface area (Å²) < 4.78 is 7.23. The zero-order valence-electron chi connectivity index (χ0n) is 11.9. The van der Waals surface area contributed by atoms with E-state index >= 15 is 0 Å². The van der Waals surface area contributed by atoms with E-state index in [1.54, 1.807) is 7.11 Å². The summed E-state index contributed by atoms with van der Waals surface area (Å²) in [5.74, 6) is -0.0346. The number of aromatic nitrogens is 1. The number of hydrogen-bond acceptors (Lipinski definition) is 2. The molecule has 0 atom stereocenters. The van der Waals surface area contributed by atoms with Gasteiger partial charge in [0.2, 0.25) is 0 Å². The number of halogens is 1. The number of aryl methyl sites for hydroxylation is 1. The van der Waals surface area contributed by atoms with Crippen LogP contribution < -0.4 is 0 Å². The van der Waals surface area contributed by atoms with Crippen LogP contribution in [0.1, 0.15) is 27.3 Å². The van der Waals surface area contributed by atoms with Gasteiger partial charge in [0.1, 0.15) is 0 Å². The van der Waals surface area contributed by atoms with Gasteiger partial charge in [0, 0.05) is 29.7 Å². The van der Waals surface area contributed by atoms with E-state index in [4.69, 9.17) is 16.3 Å². The van der Waals surface area contributed by atoms with Crippen molar-refractivity contribution in [1.29, 1.82) is 0 Å². The quantitative estimate of drug-likeness (QED) is 0.622. The van der Waals surface area contributed by atoms with Crippen LogP contribution in [0, 0.1) is 13.8 Å². The van der Waals surface area contributed by atoms with E-state index in [2.05, 4.69) is 10.6 Å². The van der Waals surface area contributed by atoms with Gasteiger partial charge in [0.05, 0.1) is 12.5 Å². The molecule has 0 radical (unpaired) electrons. The number of benzene rings is 1. The Kier molecular flexibility index (Phi) is 4.63. The molecule has 0 aliphatic carbocycles. The van der Waals surface area contributed by atoms with Gasteiger partial charge in [-0.3, -0.25) is 4.79 Å². The van der Waals surface area contributed by atoms with E-state index in [9.17, 15) is 4.79 Å². The van der Waals surface area contributed by atoms with Gasteiger partial charge in [-0.05, 0) is 37.6 Å². The zero-order valence-corrected chi connectivity index (χ0v) is 12.7. The summed E-state index contributed by atoms with van der Waals surface area (Å²) in [4.78, 5) is 11.8. The van der Waals surface area contributed by atoms with Crippen LogP contribution in [-0.4, -0.2) is 23.3 Å². The van der Waals surface area contributed by atoms with Gasteiger partial charge >= 0.3 is 0 Å². The van der Waals surface area contributed by atoms with Crippen molar-refractivity contribution in [3.05, 3.63) is 52.8 Å². The summed E-state index contributed by atoms with van der Waals surface area (Å²) in [7, 11) is 1.68. The molecule has 0 aliphatic heterocycles. The largest absolute Gasteiger partial charge is 0.380 e. The highest BCUT2D eigenvalue weighted by Gasteiger charge is 2.15. The Morgan fingerprint density at radius 2 is 2.05 bits per heavy atom. The third kappa shape index (κ3) is 2.79. The van der Waals surface area contributed by atoms with Crippen LogP contribution in [-0.2, 0) is 11.3 Å². The molecule has 0 spiro atoms. The summed E-state index contributed by atoms with van der Waals surface area (Å²) in [6, 6.07) is 9.99. The van der Waals surface area contributed by atoms with Crippen LogP contribution >= 0.6 is 11.6 Å². The topological polar surface area (TPSA) is 31.2 Å². The minimum absolute atomic E-state index is 0.00794. The lowest BCUT2D eigenvalue weighted by Crippen LogP contribution is -2.04. The van der Waals surface area contributed by atoms with E-state index in [-0.39, 0.29) is 11.7 Å². The first-order valence-electron chi connectivity index (χ1n) is 6.44. The fourth-order valence-electron chi connectivity index (χ4n) is 2.47. The second-order valence-electron chi connectivity index (χ2n) is 4.78. The fourth-order valence-corrected chi connectivity index (χ4v) is 2.61. The van der Waals surface area contributed by atoms with Gasteiger partial charge in [-0.25, -0.2) is 0 Å². The molecule has 1 heterocycles. The van der Waals surface area contributed by atoms with E-state index in [0.29, 0.717) is 12.2 Å². The molecule has 0 fully saturated rings. The standard InChI is InChI=1S/C16H18ClNO2/c1-11-7-15(16(19)9-17)12(2)18(11)14-6-4-5-13(8-14)10-20-3/h4-8H,9-10H2,1-3H3. The number of ketones is 1. The Morgan fingerprint density at radius 3 is 2.70 bits per heavy atom.